The summed E-state index contributed by atoms with van der Waals surface area (Å²) < 4.78 is 32.0. The van der Waals surface area contributed by atoms with E-state index in [-0.39, 0.29) is 9.92 Å². The van der Waals surface area contributed by atoms with Crippen molar-refractivity contribution in [2.75, 3.05) is 11.8 Å². The Balaban J connectivity index is 2.33. The number of sulfonamides is 1. The van der Waals surface area contributed by atoms with Gasteiger partial charge >= 0.3 is 0 Å². The molecule has 1 aromatic carbocycles. The summed E-state index contributed by atoms with van der Waals surface area (Å²) in [5, 5.41) is 6.67. The van der Waals surface area contributed by atoms with E-state index in [1.165, 1.54) is 25.3 Å². The Morgan fingerprint density at radius 2 is 2.20 bits per heavy atom. The van der Waals surface area contributed by atoms with Crippen LogP contribution in [0.4, 0.5) is 5.82 Å². The number of benzene rings is 1. The molecule has 0 aliphatic rings. The van der Waals surface area contributed by atoms with Crippen molar-refractivity contribution in [3.63, 3.8) is 0 Å². The first-order valence-electron chi connectivity index (χ1n) is 5.86. The Morgan fingerprint density at radius 1 is 1.45 bits per heavy atom. The minimum absolute atomic E-state index is 0.0555. The molecule has 2 N–H and O–H groups in total. The number of anilines is 1. The fourth-order valence-electron chi connectivity index (χ4n) is 1.68. The number of methoxy groups -OCH3 is 1. The molecule has 108 valence electrons. The van der Waals surface area contributed by atoms with E-state index in [0.717, 1.165) is 5.56 Å². The van der Waals surface area contributed by atoms with Crippen LogP contribution in [-0.4, -0.2) is 25.7 Å². The minimum atomic E-state index is -3.72. The lowest BCUT2D eigenvalue weighted by molar-refractivity contribution is 0.414. The molecule has 0 saturated carbocycles. The van der Waals surface area contributed by atoms with E-state index < -0.39 is 10.0 Å². The van der Waals surface area contributed by atoms with Crippen molar-refractivity contribution in [2.45, 2.75) is 18.2 Å². The fourth-order valence-corrected chi connectivity index (χ4v) is 3.08. The molecule has 2 aromatic rings. The van der Waals surface area contributed by atoms with Gasteiger partial charge in [0.05, 0.1) is 23.2 Å². The van der Waals surface area contributed by atoms with Crippen LogP contribution in [0.5, 0.6) is 5.75 Å². The number of aromatic nitrogens is 2. The van der Waals surface area contributed by atoms with Gasteiger partial charge in [0, 0.05) is 5.56 Å². The van der Waals surface area contributed by atoms with E-state index >= 15 is 0 Å². The number of halogens is 1. The van der Waals surface area contributed by atoms with E-state index in [1.807, 2.05) is 6.92 Å². The van der Waals surface area contributed by atoms with Gasteiger partial charge < -0.3 is 4.74 Å². The number of nitrogens with zero attached hydrogens (tertiary/aromatic N) is 1. The number of hydrogen-bond acceptors (Lipinski definition) is 4. The Labute approximate surface area is 122 Å². The zero-order chi connectivity index (χ0) is 14.8. The number of rotatable bonds is 5. The standard InChI is InChI=1S/C12H14ClN3O3S/c1-3-8-7-14-15-12(8)16-20(17,18)9-4-5-11(19-2)10(13)6-9/h4-7H,3H2,1-2H3,(H2,14,15,16). The average Bonchev–Trinajstić information content (AvgIpc) is 2.85. The molecule has 0 aliphatic carbocycles. The Kier molecular flexibility index (Phi) is 4.20. The second kappa shape index (κ2) is 5.72. The molecule has 1 heterocycles. The first kappa shape index (κ1) is 14.7. The number of aryl methyl sites for hydroxylation is 1. The smallest absolute Gasteiger partial charge is 0.263 e. The van der Waals surface area contributed by atoms with E-state index in [2.05, 4.69) is 14.9 Å². The molecule has 0 spiro atoms. The van der Waals surface area contributed by atoms with E-state index in [1.54, 1.807) is 6.20 Å². The highest BCUT2D eigenvalue weighted by atomic mass is 35.5. The maximum atomic E-state index is 12.3. The summed E-state index contributed by atoms with van der Waals surface area (Å²) in [5.74, 6) is 0.779. The van der Waals surface area contributed by atoms with Gasteiger partial charge in [-0.15, -0.1) is 0 Å². The molecular weight excluding hydrogens is 302 g/mol. The third kappa shape index (κ3) is 2.88. The predicted octanol–water partition coefficient (Wildman–Crippen LogP) is 2.43. The van der Waals surface area contributed by atoms with Gasteiger partial charge in [0.1, 0.15) is 11.6 Å². The minimum Gasteiger partial charge on any atom is -0.495 e. The monoisotopic (exact) mass is 315 g/mol. The van der Waals surface area contributed by atoms with Gasteiger partial charge in [-0.25, -0.2) is 8.42 Å². The molecule has 1 aromatic heterocycles. The normalized spacial score (nSPS) is 11.3. The largest absolute Gasteiger partial charge is 0.495 e. The Bertz CT molecular complexity index is 712. The summed E-state index contributed by atoms with van der Waals surface area (Å²) in [7, 11) is -2.26. The molecule has 20 heavy (non-hydrogen) atoms. The van der Waals surface area contributed by atoms with Crippen molar-refractivity contribution >= 4 is 27.4 Å². The fraction of sp³-hybridized carbons (Fsp3) is 0.250. The molecular formula is C12H14ClN3O3S. The van der Waals surface area contributed by atoms with Crippen LogP contribution in [0.15, 0.2) is 29.3 Å². The number of nitrogens with one attached hydrogen (secondary N) is 2. The van der Waals surface area contributed by atoms with Crippen LogP contribution in [0, 0.1) is 0 Å². The van der Waals surface area contributed by atoms with Crippen LogP contribution in [0.25, 0.3) is 0 Å². The van der Waals surface area contributed by atoms with E-state index in [4.69, 9.17) is 16.3 Å². The molecule has 0 fully saturated rings. The van der Waals surface area contributed by atoms with Crippen molar-refractivity contribution in [1.29, 1.82) is 0 Å². The number of hydrogen-bond donors (Lipinski definition) is 2. The highest BCUT2D eigenvalue weighted by Crippen LogP contribution is 2.28. The van der Waals surface area contributed by atoms with Crippen LogP contribution in [0.1, 0.15) is 12.5 Å². The molecule has 0 bridgehead atoms. The van der Waals surface area contributed by atoms with Gasteiger partial charge in [0.25, 0.3) is 10.0 Å². The lowest BCUT2D eigenvalue weighted by atomic mass is 10.3. The second-order valence-electron chi connectivity index (χ2n) is 4.03. The molecule has 0 unspecified atom stereocenters. The highest BCUT2D eigenvalue weighted by molar-refractivity contribution is 7.92. The van der Waals surface area contributed by atoms with E-state index in [0.29, 0.717) is 18.0 Å². The van der Waals surface area contributed by atoms with Crippen LogP contribution in [0.3, 0.4) is 0 Å². The maximum Gasteiger partial charge on any atom is 0.263 e. The van der Waals surface area contributed by atoms with Crippen molar-refractivity contribution in [1.82, 2.24) is 10.2 Å². The lowest BCUT2D eigenvalue weighted by Crippen LogP contribution is -2.14. The lowest BCUT2D eigenvalue weighted by Gasteiger charge is -2.09. The van der Waals surface area contributed by atoms with Gasteiger partial charge in [0.2, 0.25) is 0 Å². The quantitative estimate of drug-likeness (QED) is 0.887. The molecule has 2 rings (SSSR count). The molecule has 0 amide bonds. The molecule has 0 saturated heterocycles. The highest BCUT2D eigenvalue weighted by Gasteiger charge is 2.18. The summed E-state index contributed by atoms with van der Waals surface area (Å²) in [6, 6.07) is 4.27. The number of H-pyrrole nitrogens is 1. The maximum absolute atomic E-state index is 12.3. The van der Waals surface area contributed by atoms with Crippen LogP contribution < -0.4 is 9.46 Å². The summed E-state index contributed by atoms with van der Waals surface area (Å²) in [6.45, 7) is 1.91. The van der Waals surface area contributed by atoms with Gasteiger partial charge in [0.15, 0.2) is 0 Å². The van der Waals surface area contributed by atoms with E-state index in [9.17, 15) is 8.42 Å². The first-order chi connectivity index (χ1) is 9.47. The molecule has 8 heteroatoms. The average molecular weight is 316 g/mol. The third-order valence-corrected chi connectivity index (χ3v) is 4.41. The zero-order valence-corrected chi connectivity index (χ0v) is 12.5. The third-order valence-electron chi connectivity index (χ3n) is 2.77. The van der Waals surface area contributed by atoms with Crippen LogP contribution in [-0.2, 0) is 16.4 Å². The Morgan fingerprint density at radius 3 is 2.80 bits per heavy atom. The van der Waals surface area contributed by atoms with Crippen molar-refractivity contribution in [3.05, 3.63) is 35.0 Å². The number of ether oxygens (including phenoxy) is 1. The Hall–Kier alpha value is -1.73. The number of aromatic amines is 1. The molecule has 0 atom stereocenters. The summed E-state index contributed by atoms with van der Waals surface area (Å²) in [5.41, 5.74) is 0.785. The molecule has 0 radical (unpaired) electrons. The van der Waals surface area contributed by atoms with Gasteiger partial charge in [-0.2, -0.15) is 5.10 Å². The van der Waals surface area contributed by atoms with Crippen LogP contribution >= 0.6 is 11.6 Å². The van der Waals surface area contributed by atoms with Gasteiger partial charge in [-0.05, 0) is 24.6 Å². The summed E-state index contributed by atoms with van der Waals surface area (Å²) >= 11 is 5.94. The van der Waals surface area contributed by atoms with Gasteiger partial charge in [-0.1, -0.05) is 18.5 Å². The van der Waals surface area contributed by atoms with Crippen molar-refractivity contribution in [2.24, 2.45) is 0 Å². The van der Waals surface area contributed by atoms with Gasteiger partial charge in [-0.3, -0.25) is 9.82 Å². The first-order valence-corrected chi connectivity index (χ1v) is 7.72. The zero-order valence-electron chi connectivity index (χ0n) is 11.0. The van der Waals surface area contributed by atoms with Crippen molar-refractivity contribution in [3.8, 4) is 5.75 Å². The van der Waals surface area contributed by atoms with Crippen molar-refractivity contribution < 1.29 is 13.2 Å². The molecule has 6 nitrogen and oxygen atoms in total. The second-order valence-corrected chi connectivity index (χ2v) is 6.12. The summed E-state index contributed by atoms with van der Waals surface area (Å²) in [6.07, 6.45) is 2.25. The topological polar surface area (TPSA) is 84.1 Å². The SMILES string of the molecule is CCc1cn[nH]c1NS(=O)(=O)c1ccc(OC)c(Cl)c1. The molecule has 0 aliphatic heterocycles. The van der Waals surface area contributed by atoms with Crippen LogP contribution in [0.2, 0.25) is 5.02 Å². The summed E-state index contributed by atoms with van der Waals surface area (Å²) in [4.78, 5) is 0.0555. The predicted molar refractivity (Wildman–Crippen MR) is 76.8 cm³/mol.